The van der Waals surface area contributed by atoms with Crippen molar-refractivity contribution >= 4 is 17.7 Å². The van der Waals surface area contributed by atoms with E-state index in [1.54, 1.807) is 18.0 Å². The first-order chi connectivity index (χ1) is 10.5. The lowest BCUT2D eigenvalue weighted by Gasteiger charge is -2.57. The molecule has 1 amide bonds. The summed E-state index contributed by atoms with van der Waals surface area (Å²) in [6.07, 6.45) is 11.6. The van der Waals surface area contributed by atoms with Gasteiger partial charge in [0, 0.05) is 25.0 Å². The molecule has 4 aliphatic carbocycles. The molecule has 0 aliphatic heterocycles. The summed E-state index contributed by atoms with van der Waals surface area (Å²) in [5.74, 6) is 2.78. The fourth-order valence-electron chi connectivity index (χ4n) is 5.30. The Morgan fingerprint density at radius 3 is 2.41 bits per heavy atom. The van der Waals surface area contributed by atoms with Crippen LogP contribution in [-0.2, 0) is 11.8 Å². The van der Waals surface area contributed by atoms with Gasteiger partial charge in [-0.1, -0.05) is 11.8 Å². The average molecular weight is 319 g/mol. The minimum atomic E-state index is -0.0888. The number of thioether (sulfide) groups is 1. The number of rotatable bonds is 4. The van der Waals surface area contributed by atoms with Gasteiger partial charge in [0.25, 0.3) is 0 Å². The fourth-order valence-corrected chi connectivity index (χ4v) is 6.13. The molecule has 22 heavy (non-hydrogen) atoms. The van der Waals surface area contributed by atoms with Crippen molar-refractivity contribution in [1.29, 1.82) is 0 Å². The zero-order chi connectivity index (χ0) is 15.3. The van der Waals surface area contributed by atoms with Crippen molar-refractivity contribution in [2.45, 2.75) is 61.4 Å². The Morgan fingerprint density at radius 2 is 1.91 bits per heavy atom. The van der Waals surface area contributed by atoms with Crippen molar-refractivity contribution in [2.24, 2.45) is 24.8 Å². The van der Waals surface area contributed by atoms with Gasteiger partial charge in [0.05, 0.1) is 5.25 Å². The van der Waals surface area contributed by atoms with Crippen LogP contribution in [0.1, 0.15) is 45.4 Å². The minimum absolute atomic E-state index is 0.0888. The molecule has 1 aromatic heterocycles. The molecule has 4 saturated carbocycles. The summed E-state index contributed by atoms with van der Waals surface area (Å²) in [7, 11) is 1.97. The Hall–Kier alpha value is -0.970. The van der Waals surface area contributed by atoms with Crippen LogP contribution in [0, 0.1) is 17.8 Å². The van der Waals surface area contributed by atoms with Crippen molar-refractivity contribution in [3.63, 3.8) is 0 Å². The molecule has 1 N–H and O–H groups in total. The quantitative estimate of drug-likeness (QED) is 0.868. The van der Waals surface area contributed by atoms with E-state index in [4.69, 9.17) is 0 Å². The minimum Gasteiger partial charge on any atom is -0.350 e. The first-order valence-corrected chi connectivity index (χ1v) is 9.37. The zero-order valence-electron chi connectivity index (χ0n) is 13.4. The average Bonchev–Trinajstić information content (AvgIpc) is 2.82. The Labute approximate surface area is 136 Å². The molecule has 120 valence electrons. The van der Waals surface area contributed by atoms with Gasteiger partial charge in [-0.25, -0.2) is 4.98 Å². The first-order valence-electron chi connectivity index (χ1n) is 8.49. The SMILES string of the molecule is CC(Sc1nccn1C)C(=O)NC12CC3CC(CC(C3)C1)C2. The lowest BCUT2D eigenvalue weighted by molar-refractivity contribution is -0.126. The molecule has 4 aliphatic rings. The smallest absolute Gasteiger partial charge is 0.233 e. The van der Waals surface area contributed by atoms with E-state index in [1.807, 2.05) is 24.7 Å². The summed E-state index contributed by atoms with van der Waals surface area (Å²) in [5.41, 5.74) is 0.113. The number of hydrogen-bond acceptors (Lipinski definition) is 3. The van der Waals surface area contributed by atoms with Gasteiger partial charge in [-0.05, 0) is 63.2 Å². The standard InChI is InChI=1S/C17H25N3OS/c1-11(22-16-18-3-4-20(16)2)15(21)19-17-8-12-5-13(9-17)7-14(6-12)10-17/h3-4,11-14H,5-10H2,1-2H3,(H,19,21). The van der Waals surface area contributed by atoms with E-state index in [9.17, 15) is 4.79 Å². The maximum absolute atomic E-state index is 12.7. The van der Waals surface area contributed by atoms with Crippen LogP contribution in [0.5, 0.6) is 0 Å². The fraction of sp³-hybridized carbons (Fsp3) is 0.765. The van der Waals surface area contributed by atoms with E-state index in [1.165, 1.54) is 38.5 Å². The molecular formula is C17H25N3OS. The number of nitrogens with one attached hydrogen (secondary N) is 1. The summed E-state index contributed by atoms with van der Waals surface area (Å²) in [4.78, 5) is 17.0. The second kappa shape index (κ2) is 5.29. The Bertz CT molecular complexity index is 547. The highest BCUT2D eigenvalue weighted by atomic mass is 32.2. The Balaban J connectivity index is 1.42. The Morgan fingerprint density at radius 1 is 1.32 bits per heavy atom. The van der Waals surface area contributed by atoms with E-state index in [-0.39, 0.29) is 16.7 Å². The van der Waals surface area contributed by atoms with Gasteiger partial charge in [-0.3, -0.25) is 4.79 Å². The van der Waals surface area contributed by atoms with Crippen LogP contribution in [-0.4, -0.2) is 26.2 Å². The highest BCUT2D eigenvalue weighted by molar-refractivity contribution is 8.00. The van der Waals surface area contributed by atoms with Gasteiger partial charge in [0.2, 0.25) is 5.91 Å². The molecule has 4 nitrogen and oxygen atoms in total. The summed E-state index contributed by atoms with van der Waals surface area (Å²) in [5, 5.41) is 4.28. The predicted octanol–water partition coefficient (Wildman–Crippen LogP) is 2.99. The van der Waals surface area contributed by atoms with Crippen LogP contribution in [0.25, 0.3) is 0 Å². The van der Waals surface area contributed by atoms with Gasteiger partial charge in [-0.15, -0.1) is 0 Å². The van der Waals surface area contributed by atoms with Crippen molar-refractivity contribution in [1.82, 2.24) is 14.9 Å². The van der Waals surface area contributed by atoms with E-state index in [2.05, 4.69) is 10.3 Å². The molecule has 5 heteroatoms. The van der Waals surface area contributed by atoms with Gasteiger partial charge in [-0.2, -0.15) is 0 Å². The molecule has 1 aromatic rings. The highest BCUT2D eigenvalue weighted by Crippen LogP contribution is 2.55. The summed E-state index contributed by atoms with van der Waals surface area (Å²) >= 11 is 1.55. The second-order valence-corrected chi connectivity index (χ2v) is 9.08. The van der Waals surface area contributed by atoms with Gasteiger partial charge < -0.3 is 9.88 Å². The van der Waals surface area contributed by atoms with E-state index < -0.39 is 0 Å². The van der Waals surface area contributed by atoms with Crippen molar-refractivity contribution < 1.29 is 4.79 Å². The zero-order valence-corrected chi connectivity index (χ0v) is 14.2. The number of aryl methyl sites for hydroxylation is 1. The second-order valence-electron chi connectivity index (χ2n) is 7.77. The number of nitrogens with zero attached hydrogens (tertiary/aromatic N) is 2. The molecule has 0 saturated heterocycles. The van der Waals surface area contributed by atoms with Crippen molar-refractivity contribution in [2.75, 3.05) is 0 Å². The lowest BCUT2D eigenvalue weighted by Crippen LogP contribution is -2.60. The number of hydrogen-bond donors (Lipinski definition) is 1. The molecule has 1 atom stereocenters. The number of amides is 1. The van der Waals surface area contributed by atoms with Gasteiger partial charge in [0.15, 0.2) is 5.16 Å². The topological polar surface area (TPSA) is 46.9 Å². The van der Waals surface area contributed by atoms with Crippen LogP contribution < -0.4 is 5.32 Å². The number of aromatic nitrogens is 2. The van der Waals surface area contributed by atoms with Crippen LogP contribution in [0.4, 0.5) is 0 Å². The first kappa shape index (κ1) is 14.6. The molecule has 1 heterocycles. The number of imidazole rings is 1. The third kappa shape index (κ3) is 2.57. The molecule has 0 spiro atoms. The van der Waals surface area contributed by atoms with Crippen LogP contribution in [0.3, 0.4) is 0 Å². The molecule has 1 unspecified atom stereocenters. The highest BCUT2D eigenvalue weighted by Gasteiger charge is 2.51. The largest absolute Gasteiger partial charge is 0.350 e. The maximum Gasteiger partial charge on any atom is 0.233 e. The number of carbonyl (C=O) groups excluding carboxylic acids is 1. The van der Waals surface area contributed by atoms with Gasteiger partial charge >= 0.3 is 0 Å². The van der Waals surface area contributed by atoms with Crippen molar-refractivity contribution in [3.8, 4) is 0 Å². The molecule has 5 rings (SSSR count). The van der Waals surface area contributed by atoms with Crippen LogP contribution in [0.2, 0.25) is 0 Å². The molecule has 0 aromatic carbocycles. The molecule has 4 fully saturated rings. The monoisotopic (exact) mass is 319 g/mol. The predicted molar refractivity (Wildman–Crippen MR) is 87.6 cm³/mol. The summed E-state index contributed by atoms with van der Waals surface area (Å²) in [6, 6.07) is 0. The molecular weight excluding hydrogens is 294 g/mol. The third-order valence-electron chi connectivity index (χ3n) is 5.85. The van der Waals surface area contributed by atoms with E-state index in [0.29, 0.717) is 0 Å². The number of carbonyl (C=O) groups is 1. The summed E-state index contributed by atoms with van der Waals surface area (Å²) in [6.45, 7) is 2.00. The lowest BCUT2D eigenvalue weighted by atomic mass is 9.53. The van der Waals surface area contributed by atoms with Crippen LogP contribution >= 0.6 is 11.8 Å². The Kier molecular flexibility index (Phi) is 3.51. The summed E-state index contributed by atoms with van der Waals surface area (Å²) < 4.78 is 1.97. The van der Waals surface area contributed by atoms with Gasteiger partial charge in [0.1, 0.15) is 0 Å². The van der Waals surface area contributed by atoms with E-state index >= 15 is 0 Å². The van der Waals surface area contributed by atoms with Crippen LogP contribution in [0.15, 0.2) is 17.6 Å². The normalized spacial score (nSPS) is 37.3. The molecule has 0 radical (unpaired) electrons. The molecule has 4 bridgehead atoms. The maximum atomic E-state index is 12.7. The van der Waals surface area contributed by atoms with E-state index in [0.717, 1.165) is 22.9 Å². The third-order valence-corrected chi connectivity index (χ3v) is 7.03. The van der Waals surface area contributed by atoms with Crippen molar-refractivity contribution in [3.05, 3.63) is 12.4 Å².